The van der Waals surface area contributed by atoms with Crippen LogP contribution in [0.1, 0.15) is 56.8 Å². The van der Waals surface area contributed by atoms with Crippen LogP contribution in [0.15, 0.2) is 18.2 Å². The van der Waals surface area contributed by atoms with Crippen molar-refractivity contribution in [3.63, 3.8) is 0 Å². The van der Waals surface area contributed by atoms with Gasteiger partial charge < -0.3 is 29.3 Å². The predicted molar refractivity (Wildman–Crippen MR) is 149 cm³/mol. The van der Waals surface area contributed by atoms with E-state index in [1.165, 1.54) is 6.07 Å². The van der Waals surface area contributed by atoms with Gasteiger partial charge >= 0.3 is 0 Å². The van der Waals surface area contributed by atoms with Crippen molar-refractivity contribution < 1.29 is 23.4 Å². The van der Waals surface area contributed by atoms with E-state index in [9.17, 15) is 4.79 Å². The monoisotopic (exact) mass is 554 g/mol. The number of amides is 1. The van der Waals surface area contributed by atoms with Gasteiger partial charge in [-0.05, 0) is 58.6 Å². The highest BCUT2D eigenvalue weighted by Crippen LogP contribution is 2.38. The first kappa shape index (κ1) is 27.2. The van der Waals surface area contributed by atoms with E-state index in [1.54, 1.807) is 17.0 Å². The van der Waals surface area contributed by atoms with Gasteiger partial charge in [0.2, 0.25) is 11.8 Å². The SMILES string of the molecule is CCN1CC(C)(C)Oc2nc(N3CC4CCC(C3)O4)nc(-c3ccc(NCNCC4CCCO4)c(F)c3)c2C1=O. The number of halogens is 1. The van der Waals surface area contributed by atoms with Crippen molar-refractivity contribution in [2.75, 3.05) is 56.2 Å². The Kier molecular flexibility index (Phi) is 7.54. The van der Waals surface area contributed by atoms with Crippen molar-refractivity contribution in [3.8, 4) is 17.1 Å². The van der Waals surface area contributed by atoms with Gasteiger partial charge in [-0.2, -0.15) is 4.98 Å². The Bertz CT molecular complexity index is 1240. The molecule has 2 N–H and O–H groups in total. The number of carbonyl (C=O) groups excluding carboxylic acids is 1. The fourth-order valence-corrected chi connectivity index (χ4v) is 6.06. The van der Waals surface area contributed by atoms with Gasteiger partial charge in [0.15, 0.2) is 0 Å². The average Bonchev–Trinajstić information content (AvgIpc) is 3.55. The number of aromatic nitrogens is 2. The molecule has 10 nitrogen and oxygen atoms in total. The van der Waals surface area contributed by atoms with Crippen molar-refractivity contribution in [1.82, 2.24) is 20.2 Å². The second-order valence-corrected chi connectivity index (χ2v) is 11.7. The summed E-state index contributed by atoms with van der Waals surface area (Å²) < 4.78 is 33.4. The summed E-state index contributed by atoms with van der Waals surface area (Å²) in [6.45, 7) is 10.0. The summed E-state index contributed by atoms with van der Waals surface area (Å²) in [6.07, 6.45) is 4.63. The molecule has 40 heavy (non-hydrogen) atoms. The Hall–Kier alpha value is -3.02. The number of hydrogen-bond acceptors (Lipinski definition) is 9. The number of anilines is 2. The average molecular weight is 555 g/mol. The Labute approximate surface area is 234 Å². The Morgan fingerprint density at radius 3 is 2.65 bits per heavy atom. The normalized spacial score (nSPS) is 25.5. The van der Waals surface area contributed by atoms with E-state index in [1.807, 2.05) is 20.8 Å². The predicted octanol–water partition coefficient (Wildman–Crippen LogP) is 3.42. The Balaban J connectivity index is 1.32. The molecule has 1 amide bonds. The molecule has 0 radical (unpaired) electrons. The lowest BCUT2D eigenvalue weighted by molar-refractivity contribution is 0.0297. The summed E-state index contributed by atoms with van der Waals surface area (Å²) in [5, 5.41) is 6.38. The van der Waals surface area contributed by atoms with Gasteiger partial charge in [0, 0.05) is 38.3 Å². The molecule has 0 spiro atoms. The lowest BCUT2D eigenvalue weighted by Gasteiger charge is -2.33. The minimum Gasteiger partial charge on any atom is -0.469 e. The van der Waals surface area contributed by atoms with Gasteiger partial charge in [-0.15, -0.1) is 0 Å². The molecule has 0 aliphatic carbocycles. The quantitative estimate of drug-likeness (QED) is 0.376. The number of ether oxygens (including phenoxy) is 3. The lowest BCUT2D eigenvalue weighted by atomic mass is 10.0. The molecule has 3 unspecified atom stereocenters. The zero-order valence-corrected chi connectivity index (χ0v) is 23.5. The maximum absolute atomic E-state index is 15.4. The summed E-state index contributed by atoms with van der Waals surface area (Å²) >= 11 is 0. The zero-order valence-electron chi connectivity index (χ0n) is 23.5. The second-order valence-electron chi connectivity index (χ2n) is 11.7. The van der Waals surface area contributed by atoms with E-state index >= 15 is 4.39 Å². The molecule has 1 aromatic heterocycles. The third-order valence-corrected chi connectivity index (χ3v) is 8.06. The standard InChI is InChI=1S/C29H39FN6O4/c1-4-35-16-29(2,3)40-26-24(27(35)37)25(33-28(34-26)36-14-20-8-9-21(15-36)39-20)18-7-10-23(22(30)12-18)32-17-31-13-19-6-5-11-38-19/h7,10,12,19-21,31-32H,4-6,8-9,11,13-17H2,1-3H3. The van der Waals surface area contributed by atoms with E-state index < -0.39 is 11.4 Å². The molecule has 3 saturated heterocycles. The first-order chi connectivity index (χ1) is 19.3. The third kappa shape index (κ3) is 5.59. The van der Waals surface area contributed by atoms with Crippen LogP contribution in [0.5, 0.6) is 5.88 Å². The molecule has 3 atom stereocenters. The number of nitrogens with one attached hydrogen (secondary N) is 2. The number of rotatable bonds is 8. The molecule has 1 aromatic carbocycles. The van der Waals surface area contributed by atoms with Gasteiger partial charge in [-0.1, -0.05) is 6.07 Å². The number of likely N-dealkylation sites (N-methyl/N-ethyl adjacent to an activating group) is 1. The van der Waals surface area contributed by atoms with Crippen LogP contribution in [0.4, 0.5) is 16.0 Å². The van der Waals surface area contributed by atoms with Crippen LogP contribution in [0, 0.1) is 5.82 Å². The number of fused-ring (bicyclic) bond motifs is 3. The molecule has 2 aromatic rings. The van der Waals surface area contributed by atoms with Crippen LogP contribution in [-0.2, 0) is 9.47 Å². The number of nitrogens with zero attached hydrogens (tertiary/aromatic N) is 4. The van der Waals surface area contributed by atoms with Crippen LogP contribution < -0.4 is 20.3 Å². The van der Waals surface area contributed by atoms with Crippen molar-refractivity contribution in [1.29, 1.82) is 0 Å². The maximum Gasteiger partial charge on any atom is 0.261 e. The van der Waals surface area contributed by atoms with Crippen molar-refractivity contribution in [2.45, 2.75) is 70.4 Å². The summed E-state index contributed by atoms with van der Waals surface area (Å²) in [7, 11) is 0. The molecule has 6 rings (SSSR count). The highest BCUT2D eigenvalue weighted by molar-refractivity contribution is 6.02. The largest absolute Gasteiger partial charge is 0.469 e. The molecule has 5 heterocycles. The molecular weight excluding hydrogens is 515 g/mol. The first-order valence-corrected chi connectivity index (χ1v) is 14.5. The van der Waals surface area contributed by atoms with Gasteiger partial charge in [0.1, 0.15) is 17.0 Å². The molecule has 216 valence electrons. The molecule has 2 bridgehead atoms. The molecule has 3 fully saturated rings. The van der Waals surface area contributed by atoms with Gasteiger partial charge in [0.25, 0.3) is 5.91 Å². The van der Waals surface area contributed by atoms with Crippen LogP contribution in [0.2, 0.25) is 0 Å². The minimum atomic E-state index is -0.653. The van der Waals surface area contributed by atoms with Crippen LogP contribution in [0.3, 0.4) is 0 Å². The molecule has 11 heteroatoms. The highest BCUT2D eigenvalue weighted by Gasteiger charge is 2.39. The van der Waals surface area contributed by atoms with Crippen molar-refractivity contribution in [3.05, 3.63) is 29.6 Å². The summed E-state index contributed by atoms with van der Waals surface area (Å²) in [5.74, 6) is 0.0752. The van der Waals surface area contributed by atoms with Gasteiger partial charge in [-0.3, -0.25) is 10.1 Å². The highest BCUT2D eigenvalue weighted by atomic mass is 19.1. The fourth-order valence-electron chi connectivity index (χ4n) is 6.06. The third-order valence-electron chi connectivity index (χ3n) is 8.06. The number of hydrogen-bond donors (Lipinski definition) is 2. The van der Waals surface area contributed by atoms with Gasteiger partial charge in [0.05, 0.1) is 42.9 Å². The zero-order chi connectivity index (χ0) is 27.9. The fraction of sp³-hybridized carbons (Fsp3) is 0.621. The van der Waals surface area contributed by atoms with E-state index in [4.69, 9.17) is 24.2 Å². The summed E-state index contributed by atoms with van der Waals surface area (Å²) in [4.78, 5) is 27.3. The second kappa shape index (κ2) is 11.1. The Morgan fingerprint density at radius 1 is 1.15 bits per heavy atom. The minimum absolute atomic E-state index is 0.135. The maximum atomic E-state index is 15.4. The van der Waals surface area contributed by atoms with Crippen LogP contribution in [-0.4, -0.2) is 90.7 Å². The van der Waals surface area contributed by atoms with Crippen LogP contribution in [0.25, 0.3) is 11.3 Å². The topological polar surface area (TPSA) is 101 Å². The smallest absolute Gasteiger partial charge is 0.261 e. The first-order valence-electron chi connectivity index (χ1n) is 14.5. The number of morpholine rings is 1. The summed E-state index contributed by atoms with van der Waals surface area (Å²) in [6, 6.07) is 4.91. The number of benzene rings is 1. The van der Waals surface area contributed by atoms with E-state index in [0.717, 1.165) is 38.8 Å². The Morgan fingerprint density at radius 2 is 1.95 bits per heavy atom. The molecule has 4 aliphatic heterocycles. The lowest BCUT2D eigenvalue weighted by Crippen LogP contribution is -2.43. The van der Waals surface area contributed by atoms with E-state index in [2.05, 4.69) is 15.5 Å². The molecular formula is C29H39FN6O4. The van der Waals surface area contributed by atoms with Crippen molar-refractivity contribution >= 4 is 17.5 Å². The number of carbonyl (C=O) groups is 1. The van der Waals surface area contributed by atoms with E-state index in [0.29, 0.717) is 55.7 Å². The molecule has 0 saturated carbocycles. The molecule has 4 aliphatic rings. The summed E-state index contributed by atoms with van der Waals surface area (Å²) in [5.41, 5.74) is 0.860. The van der Waals surface area contributed by atoms with Crippen molar-refractivity contribution in [2.24, 2.45) is 0 Å². The van der Waals surface area contributed by atoms with Crippen LogP contribution >= 0.6 is 0 Å². The van der Waals surface area contributed by atoms with E-state index in [-0.39, 0.29) is 35.7 Å². The van der Waals surface area contributed by atoms with Gasteiger partial charge in [-0.25, -0.2) is 9.37 Å².